The largest absolute Gasteiger partial charge is 0.497 e. The molecule has 1 heterocycles. The second kappa shape index (κ2) is 8.47. The summed E-state index contributed by atoms with van der Waals surface area (Å²) in [7, 11) is 1.43. The molecule has 7 nitrogen and oxygen atoms in total. The quantitative estimate of drug-likeness (QED) is 0.648. The van der Waals surface area contributed by atoms with Gasteiger partial charge >= 0.3 is 0 Å². The average Bonchev–Trinajstić information content (AvgIpc) is 2.69. The van der Waals surface area contributed by atoms with Gasteiger partial charge in [0, 0.05) is 35.9 Å². The fourth-order valence-corrected chi connectivity index (χ4v) is 2.71. The van der Waals surface area contributed by atoms with Crippen molar-refractivity contribution in [3.8, 4) is 17.0 Å². The van der Waals surface area contributed by atoms with E-state index in [9.17, 15) is 18.8 Å². The predicted octanol–water partition coefficient (Wildman–Crippen LogP) is 2.90. The number of methoxy groups -OCH3 is 1. The number of carbonyl (C=O) groups is 2. The lowest BCUT2D eigenvalue weighted by molar-refractivity contribution is -0.114. The monoisotopic (exact) mass is 395 g/mol. The molecule has 0 bridgehead atoms. The Kier molecular flexibility index (Phi) is 5.82. The van der Waals surface area contributed by atoms with E-state index in [1.807, 2.05) is 0 Å². The van der Waals surface area contributed by atoms with Crippen molar-refractivity contribution in [3.05, 3.63) is 76.3 Å². The van der Waals surface area contributed by atoms with Gasteiger partial charge in [-0.05, 0) is 42.5 Å². The van der Waals surface area contributed by atoms with Crippen LogP contribution in [0.1, 0.15) is 17.3 Å². The van der Waals surface area contributed by atoms with Crippen LogP contribution in [-0.4, -0.2) is 28.6 Å². The van der Waals surface area contributed by atoms with Crippen LogP contribution >= 0.6 is 0 Å². The van der Waals surface area contributed by atoms with Gasteiger partial charge in [-0.3, -0.25) is 14.4 Å². The molecular formula is C21H18FN3O4. The molecule has 0 atom stereocenters. The Morgan fingerprint density at radius 1 is 1.10 bits per heavy atom. The van der Waals surface area contributed by atoms with Crippen LogP contribution < -0.4 is 15.6 Å². The first kappa shape index (κ1) is 19.9. The highest BCUT2D eigenvalue weighted by Crippen LogP contribution is 2.24. The van der Waals surface area contributed by atoms with Crippen molar-refractivity contribution in [3.63, 3.8) is 0 Å². The maximum absolute atomic E-state index is 14.3. The molecule has 0 spiro atoms. The second-order valence-electron chi connectivity index (χ2n) is 6.24. The summed E-state index contributed by atoms with van der Waals surface area (Å²) in [5.41, 5.74) is 0.839. The smallest absolute Gasteiger partial charge is 0.267 e. The number of hydrogen-bond donors (Lipinski definition) is 1. The van der Waals surface area contributed by atoms with Gasteiger partial charge in [-0.2, -0.15) is 5.10 Å². The molecule has 8 heteroatoms. The molecule has 3 aromatic rings. The Hall–Kier alpha value is -3.81. The molecule has 0 saturated carbocycles. The van der Waals surface area contributed by atoms with E-state index in [4.69, 9.17) is 4.74 Å². The van der Waals surface area contributed by atoms with Crippen LogP contribution in [0.25, 0.3) is 11.3 Å². The average molecular weight is 395 g/mol. The molecule has 148 valence electrons. The van der Waals surface area contributed by atoms with Gasteiger partial charge in [-0.1, -0.05) is 0 Å². The Morgan fingerprint density at radius 3 is 2.45 bits per heavy atom. The molecule has 2 aromatic carbocycles. The van der Waals surface area contributed by atoms with Gasteiger partial charge in [0.25, 0.3) is 5.56 Å². The molecule has 1 aromatic heterocycles. The van der Waals surface area contributed by atoms with Gasteiger partial charge in [-0.15, -0.1) is 0 Å². The normalized spacial score (nSPS) is 10.4. The third kappa shape index (κ3) is 4.73. The highest BCUT2D eigenvalue weighted by molar-refractivity contribution is 5.96. The number of aromatic nitrogens is 2. The van der Waals surface area contributed by atoms with E-state index in [0.717, 1.165) is 4.68 Å². The third-order valence-corrected chi connectivity index (χ3v) is 4.14. The zero-order valence-electron chi connectivity index (χ0n) is 15.8. The minimum atomic E-state index is -0.554. The van der Waals surface area contributed by atoms with E-state index < -0.39 is 11.4 Å². The van der Waals surface area contributed by atoms with Crippen molar-refractivity contribution in [1.82, 2.24) is 9.78 Å². The van der Waals surface area contributed by atoms with E-state index in [-0.39, 0.29) is 29.5 Å². The first-order valence-corrected chi connectivity index (χ1v) is 8.70. The first-order chi connectivity index (χ1) is 13.9. The van der Waals surface area contributed by atoms with Crippen molar-refractivity contribution in [2.45, 2.75) is 13.5 Å². The fraction of sp³-hybridized carbons (Fsp3) is 0.143. The maximum atomic E-state index is 14.3. The Morgan fingerprint density at radius 2 is 1.83 bits per heavy atom. The van der Waals surface area contributed by atoms with Crippen LogP contribution in [0.15, 0.2) is 59.4 Å². The summed E-state index contributed by atoms with van der Waals surface area (Å²) < 4.78 is 20.3. The SMILES string of the molecule is COc1ccc(-c2ccc(=O)n(CC(=O)c3ccc(NC(C)=O)cc3)n2)c(F)c1. The molecule has 0 aliphatic carbocycles. The molecule has 0 aliphatic heterocycles. The number of benzene rings is 2. The minimum Gasteiger partial charge on any atom is -0.497 e. The summed E-state index contributed by atoms with van der Waals surface area (Å²) in [5, 5.41) is 6.73. The van der Waals surface area contributed by atoms with Crippen LogP contribution in [0.2, 0.25) is 0 Å². The Balaban J connectivity index is 1.84. The lowest BCUT2D eigenvalue weighted by atomic mass is 10.1. The van der Waals surface area contributed by atoms with Crippen molar-refractivity contribution < 1.29 is 18.7 Å². The molecular weight excluding hydrogens is 377 g/mol. The van der Waals surface area contributed by atoms with Gasteiger partial charge in [0.1, 0.15) is 18.1 Å². The van der Waals surface area contributed by atoms with Crippen molar-refractivity contribution in [2.24, 2.45) is 0 Å². The number of ketones is 1. The molecule has 0 radical (unpaired) electrons. The van der Waals surface area contributed by atoms with E-state index in [1.54, 1.807) is 30.3 Å². The first-order valence-electron chi connectivity index (χ1n) is 8.70. The van der Waals surface area contributed by atoms with E-state index >= 15 is 0 Å². The molecule has 3 rings (SSSR count). The third-order valence-electron chi connectivity index (χ3n) is 4.14. The number of carbonyl (C=O) groups excluding carboxylic acids is 2. The molecule has 0 unspecified atom stereocenters. The number of hydrogen-bond acceptors (Lipinski definition) is 5. The molecule has 29 heavy (non-hydrogen) atoms. The van der Waals surface area contributed by atoms with E-state index in [2.05, 4.69) is 10.4 Å². The Labute approximate surface area is 165 Å². The van der Waals surface area contributed by atoms with Gasteiger partial charge < -0.3 is 10.1 Å². The molecule has 0 fully saturated rings. The number of halogens is 1. The number of amides is 1. The summed E-state index contributed by atoms with van der Waals surface area (Å²) in [4.78, 5) is 35.7. The van der Waals surface area contributed by atoms with Gasteiger partial charge in [0.15, 0.2) is 5.78 Å². The summed E-state index contributed by atoms with van der Waals surface area (Å²) in [6.07, 6.45) is 0. The van der Waals surface area contributed by atoms with Crippen molar-refractivity contribution in [1.29, 1.82) is 0 Å². The zero-order valence-corrected chi connectivity index (χ0v) is 15.8. The number of anilines is 1. The highest BCUT2D eigenvalue weighted by atomic mass is 19.1. The van der Waals surface area contributed by atoms with Crippen LogP contribution in [0.3, 0.4) is 0 Å². The van der Waals surface area contributed by atoms with Crippen molar-refractivity contribution in [2.75, 3.05) is 12.4 Å². The summed E-state index contributed by atoms with van der Waals surface area (Å²) in [6, 6.07) is 13.2. The van der Waals surface area contributed by atoms with Crippen LogP contribution in [0.4, 0.5) is 10.1 Å². The standard InChI is InChI=1S/C21H18FN3O4/c1-13(26)23-15-5-3-14(4-6-15)20(27)12-25-21(28)10-9-19(24-25)17-8-7-16(29-2)11-18(17)22/h3-11H,12H2,1-2H3,(H,23,26). The number of nitrogens with zero attached hydrogens (tertiary/aromatic N) is 2. The van der Waals surface area contributed by atoms with E-state index in [1.165, 1.54) is 38.3 Å². The fourth-order valence-electron chi connectivity index (χ4n) is 2.71. The number of rotatable bonds is 6. The second-order valence-corrected chi connectivity index (χ2v) is 6.24. The number of ether oxygens (including phenoxy) is 1. The lowest BCUT2D eigenvalue weighted by Crippen LogP contribution is -2.26. The van der Waals surface area contributed by atoms with Gasteiger partial charge in [-0.25, -0.2) is 9.07 Å². The minimum absolute atomic E-state index is 0.187. The predicted molar refractivity (Wildman–Crippen MR) is 106 cm³/mol. The van der Waals surface area contributed by atoms with Gasteiger partial charge in [0.2, 0.25) is 5.91 Å². The van der Waals surface area contributed by atoms with E-state index in [0.29, 0.717) is 17.0 Å². The maximum Gasteiger partial charge on any atom is 0.267 e. The van der Waals surface area contributed by atoms with Crippen LogP contribution in [-0.2, 0) is 11.3 Å². The number of nitrogens with one attached hydrogen (secondary N) is 1. The molecule has 1 N–H and O–H groups in total. The molecule has 0 saturated heterocycles. The zero-order chi connectivity index (χ0) is 21.0. The molecule has 0 aliphatic rings. The Bertz CT molecular complexity index is 1120. The van der Waals surface area contributed by atoms with Crippen LogP contribution in [0.5, 0.6) is 5.75 Å². The van der Waals surface area contributed by atoms with Gasteiger partial charge in [0.05, 0.1) is 12.8 Å². The summed E-state index contributed by atoms with van der Waals surface area (Å²) in [5.74, 6) is -0.761. The topological polar surface area (TPSA) is 90.3 Å². The summed E-state index contributed by atoms with van der Waals surface area (Å²) >= 11 is 0. The van der Waals surface area contributed by atoms with Crippen LogP contribution in [0, 0.1) is 5.82 Å². The number of Topliss-reactive ketones (excluding diaryl/α,β-unsaturated/α-hetero) is 1. The lowest BCUT2D eigenvalue weighted by Gasteiger charge is -2.09. The summed E-state index contributed by atoms with van der Waals surface area (Å²) in [6.45, 7) is 1.08. The highest BCUT2D eigenvalue weighted by Gasteiger charge is 2.13. The van der Waals surface area contributed by atoms with Crippen molar-refractivity contribution >= 4 is 17.4 Å². The molecule has 1 amide bonds.